The van der Waals surface area contributed by atoms with E-state index >= 15 is 0 Å². The van der Waals surface area contributed by atoms with Gasteiger partial charge in [0.25, 0.3) is 10.0 Å². The Balaban J connectivity index is 1.29. The van der Waals surface area contributed by atoms with Crippen LogP contribution in [0.15, 0.2) is 77.7 Å². The Bertz CT molecular complexity index is 1270. The highest BCUT2D eigenvalue weighted by molar-refractivity contribution is 7.92. The summed E-state index contributed by atoms with van der Waals surface area (Å²) >= 11 is 0. The second kappa shape index (κ2) is 11.5. The average molecular weight is 512 g/mol. The van der Waals surface area contributed by atoms with E-state index in [1.165, 1.54) is 18.2 Å². The predicted octanol–water partition coefficient (Wildman–Crippen LogP) is 4.88. The molecule has 0 radical (unpaired) electrons. The highest BCUT2D eigenvalue weighted by atomic mass is 32.2. The molecule has 1 heterocycles. The van der Waals surface area contributed by atoms with Crippen molar-refractivity contribution < 1.29 is 22.3 Å². The number of amides is 1. The molecule has 0 aliphatic carbocycles. The molecule has 1 aliphatic rings. The van der Waals surface area contributed by atoms with Crippen LogP contribution in [0.3, 0.4) is 0 Å². The molecule has 0 spiro atoms. The first kappa shape index (κ1) is 25.7. The predicted molar refractivity (Wildman–Crippen MR) is 138 cm³/mol. The van der Waals surface area contributed by atoms with E-state index in [4.69, 9.17) is 4.74 Å². The number of hydrogen-bond donors (Lipinski definition) is 2. The van der Waals surface area contributed by atoms with Gasteiger partial charge in [-0.1, -0.05) is 18.2 Å². The third-order valence-corrected chi connectivity index (χ3v) is 7.56. The second-order valence-corrected chi connectivity index (χ2v) is 10.4. The molecule has 0 aromatic heterocycles. The smallest absolute Gasteiger partial charge is 0.261 e. The Morgan fingerprint density at radius 1 is 0.972 bits per heavy atom. The van der Waals surface area contributed by atoms with Gasteiger partial charge in [-0.25, -0.2) is 12.8 Å². The Labute approximate surface area is 211 Å². The number of sulfonamides is 1. The lowest BCUT2D eigenvalue weighted by atomic mass is 9.95. The maximum Gasteiger partial charge on any atom is 0.261 e. The summed E-state index contributed by atoms with van der Waals surface area (Å²) < 4.78 is 47.3. The number of ether oxygens (including phenoxy) is 1. The summed E-state index contributed by atoms with van der Waals surface area (Å²) in [6.45, 7) is 4.35. The first-order valence-corrected chi connectivity index (χ1v) is 13.4. The summed E-state index contributed by atoms with van der Waals surface area (Å²) in [5.74, 6) is 0.212. The van der Waals surface area contributed by atoms with Gasteiger partial charge in [-0.2, -0.15) is 0 Å². The molecule has 1 saturated heterocycles. The van der Waals surface area contributed by atoms with Crippen LogP contribution < -0.4 is 14.8 Å². The van der Waals surface area contributed by atoms with E-state index in [0.29, 0.717) is 61.8 Å². The number of carbonyl (C=O) groups excluding carboxylic acids is 1. The molecule has 0 atom stereocenters. The van der Waals surface area contributed by atoms with E-state index in [1.807, 2.05) is 13.0 Å². The van der Waals surface area contributed by atoms with E-state index in [-0.39, 0.29) is 22.5 Å². The number of rotatable bonds is 9. The lowest BCUT2D eigenvalue weighted by molar-refractivity contribution is -0.121. The van der Waals surface area contributed by atoms with Crippen LogP contribution in [0, 0.1) is 11.7 Å². The molecule has 2 N–H and O–H groups in total. The normalized spacial score (nSPS) is 14.8. The first-order chi connectivity index (χ1) is 17.3. The SMILES string of the molecule is CCOc1ccc(NS(=O)(=O)c2ccc(NC(=O)C3CCN(Cc4ccccc4F)CC3)cc2)cc1. The largest absolute Gasteiger partial charge is 0.494 e. The van der Waals surface area contributed by atoms with Crippen LogP contribution in [0.4, 0.5) is 15.8 Å². The number of anilines is 2. The van der Waals surface area contributed by atoms with Crippen molar-refractivity contribution in [2.75, 3.05) is 29.7 Å². The molecule has 1 amide bonds. The molecule has 1 aliphatic heterocycles. The van der Waals surface area contributed by atoms with Crippen molar-refractivity contribution >= 4 is 27.3 Å². The topological polar surface area (TPSA) is 87.7 Å². The highest BCUT2D eigenvalue weighted by Crippen LogP contribution is 2.24. The maximum absolute atomic E-state index is 13.9. The monoisotopic (exact) mass is 511 g/mol. The fourth-order valence-electron chi connectivity index (χ4n) is 4.18. The van der Waals surface area contributed by atoms with Crippen LogP contribution in [0.1, 0.15) is 25.3 Å². The number of halogens is 1. The van der Waals surface area contributed by atoms with Gasteiger partial charge in [-0.05, 0) is 87.5 Å². The van der Waals surface area contributed by atoms with Crippen molar-refractivity contribution in [3.63, 3.8) is 0 Å². The van der Waals surface area contributed by atoms with Crippen molar-refractivity contribution in [1.82, 2.24) is 4.90 Å². The van der Waals surface area contributed by atoms with E-state index in [1.54, 1.807) is 48.5 Å². The van der Waals surface area contributed by atoms with Crippen LogP contribution in [0.25, 0.3) is 0 Å². The lowest BCUT2D eigenvalue weighted by Gasteiger charge is -2.31. The van der Waals surface area contributed by atoms with E-state index in [2.05, 4.69) is 14.9 Å². The summed E-state index contributed by atoms with van der Waals surface area (Å²) in [5, 5.41) is 2.89. The summed E-state index contributed by atoms with van der Waals surface area (Å²) in [4.78, 5) is 15.0. The van der Waals surface area contributed by atoms with Gasteiger partial charge in [-0.3, -0.25) is 14.4 Å². The maximum atomic E-state index is 13.9. The molecular formula is C27H30FN3O4S. The van der Waals surface area contributed by atoms with Crippen LogP contribution in [0.5, 0.6) is 5.75 Å². The minimum Gasteiger partial charge on any atom is -0.494 e. The first-order valence-electron chi connectivity index (χ1n) is 12.0. The summed E-state index contributed by atoms with van der Waals surface area (Å²) in [7, 11) is -3.78. The molecule has 0 saturated carbocycles. The summed E-state index contributed by atoms with van der Waals surface area (Å²) in [6.07, 6.45) is 1.36. The molecule has 7 nitrogen and oxygen atoms in total. The van der Waals surface area contributed by atoms with Gasteiger partial charge in [0.2, 0.25) is 5.91 Å². The quantitative estimate of drug-likeness (QED) is 0.428. The number of hydrogen-bond acceptors (Lipinski definition) is 5. The van der Waals surface area contributed by atoms with Crippen LogP contribution in [-0.4, -0.2) is 38.9 Å². The number of carbonyl (C=O) groups is 1. The van der Waals surface area contributed by atoms with Gasteiger partial charge >= 0.3 is 0 Å². The minimum absolute atomic E-state index is 0.0934. The number of nitrogens with one attached hydrogen (secondary N) is 2. The standard InChI is InChI=1S/C27H30FN3O4S/c1-2-35-24-11-7-23(8-12-24)30-36(33,34)25-13-9-22(10-14-25)29-27(32)20-15-17-31(18-16-20)19-21-5-3-4-6-26(21)28/h3-14,20,30H,2,15-19H2,1H3,(H,29,32). The van der Waals surface area contributed by atoms with E-state index in [9.17, 15) is 17.6 Å². The summed E-state index contributed by atoms with van der Waals surface area (Å²) in [5.41, 5.74) is 1.62. The molecular weight excluding hydrogens is 481 g/mol. The van der Waals surface area contributed by atoms with E-state index in [0.717, 1.165) is 0 Å². The number of piperidine rings is 1. The van der Waals surface area contributed by atoms with Crippen molar-refractivity contribution in [2.45, 2.75) is 31.2 Å². The molecule has 3 aromatic carbocycles. The van der Waals surface area contributed by atoms with Gasteiger partial charge in [0, 0.05) is 29.4 Å². The lowest BCUT2D eigenvalue weighted by Crippen LogP contribution is -2.37. The number of nitrogens with zero attached hydrogens (tertiary/aromatic N) is 1. The Morgan fingerprint density at radius 2 is 1.61 bits per heavy atom. The van der Waals surface area contributed by atoms with Crippen LogP contribution in [0.2, 0.25) is 0 Å². The minimum atomic E-state index is -3.78. The zero-order valence-corrected chi connectivity index (χ0v) is 20.9. The van der Waals surface area contributed by atoms with Gasteiger partial charge in [0.15, 0.2) is 0 Å². The Morgan fingerprint density at radius 3 is 2.25 bits per heavy atom. The van der Waals surface area contributed by atoms with Crippen LogP contribution in [-0.2, 0) is 21.4 Å². The molecule has 36 heavy (non-hydrogen) atoms. The molecule has 3 aromatic rings. The fraction of sp³-hybridized carbons (Fsp3) is 0.296. The van der Waals surface area contributed by atoms with Crippen molar-refractivity contribution in [2.24, 2.45) is 5.92 Å². The number of likely N-dealkylation sites (tertiary alicyclic amines) is 1. The van der Waals surface area contributed by atoms with Gasteiger partial charge in [0.05, 0.1) is 11.5 Å². The molecule has 4 rings (SSSR count). The summed E-state index contributed by atoms with van der Waals surface area (Å²) in [6, 6.07) is 19.5. The van der Waals surface area contributed by atoms with E-state index < -0.39 is 10.0 Å². The fourth-order valence-corrected chi connectivity index (χ4v) is 5.24. The molecule has 0 unspecified atom stereocenters. The van der Waals surface area contributed by atoms with Crippen molar-refractivity contribution in [3.05, 3.63) is 84.2 Å². The molecule has 190 valence electrons. The zero-order valence-electron chi connectivity index (χ0n) is 20.1. The Kier molecular flexibility index (Phi) is 8.22. The molecule has 0 bridgehead atoms. The number of benzene rings is 3. The van der Waals surface area contributed by atoms with Crippen molar-refractivity contribution in [1.29, 1.82) is 0 Å². The van der Waals surface area contributed by atoms with Crippen molar-refractivity contribution in [3.8, 4) is 5.75 Å². The van der Waals surface area contributed by atoms with Gasteiger partial charge in [0.1, 0.15) is 11.6 Å². The third-order valence-electron chi connectivity index (χ3n) is 6.16. The third kappa shape index (κ3) is 6.61. The zero-order chi connectivity index (χ0) is 25.5. The van der Waals surface area contributed by atoms with Gasteiger partial charge < -0.3 is 10.1 Å². The molecule has 9 heteroatoms. The van der Waals surface area contributed by atoms with Gasteiger partial charge in [-0.15, -0.1) is 0 Å². The average Bonchev–Trinajstić information content (AvgIpc) is 2.87. The van der Waals surface area contributed by atoms with Crippen LogP contribution >= 0.6 is 0 Å². The Hall–Kier alpha value is -3.43. The molecule has 1 fully saturated rings. The second-order valence-electron chi connectivity index (χ2n) is 8.72. The highest BCUT2D eigenvalue weighted by Gasteiger charge is 2.25.